The minimum atomic E-state index is -0.195. The summed E-state index contributed by atoms with van der Waals surface area (Å²) in [5.41, 5.74) is 1.24. The van der Waals surface area contributed by atoms with Crippen molar-refractivity contribution in [2.75, 3.05) is 0 Å². The molecule has 1 aliphatic rings. The van der Waals surface area contributed by atoms with E-state index in [2.05, 4.69) is 0 Å². The van der Waals surface area contributed by atoms with Crippen LogP contribution in [0.1, 0.15) is 62.3 Å². The van der Waals surface area contributed by atoms with E-state index >= 15 is 0 Å². The summed E-state index contributed by atoms with van der Waals surface area (Å²) in [6.07, 6.45) is 0. The molecule has 3 nitrogen and oxygen atoms in total. The first-order valence-electron chi connectivity index (χ1n) is 8.01. The average molecular weight is 299 g/mol. The monoisotopic (exact) mass is 299 g/mol. The Labute approximate surface area is 132 Å². The number of imide groups is 1. The summed E-state index contributed by atoms with van der Waals surface area (Å²) < 4.78 is 0. The topological polar surface area (TPSA) is 37.4 Å². The van der Waals surface area contributed by atoms with E-state index in [0.717, 1.165) is 10.8 Å². The molecule has 2 aromatic carbocycles. The van der Waals surface area contributed by atoms with Gasteiger partial charge in [0.25, 0.3) is 11.8 Å². The van der Waals surface area contributed by atoms with Gasteiger partial charge in [0.2, 0.25) is 0 Å². The van der Waals surface area contributed by atoms with Crippen molar-refractivity contribution in [1.29, 1.82) is 0 Å². The normalized spacial score (nSPS) is 12.6. The van der Waals surface area contributed by atoms with Crippen molar-refractivity contribution in [3.8, 4) is 0 Å². The van der Waals surface area contributed by atoms with Gasteiger partial charge in [-0.05, 0) is 31.4 Å². The lowest BCUT2D eigenvalue weighted by Gasteiger charge is -2.30. The maximum atomic E-state index is 12.4. The predicted octanol–water partition coefficient (Wildman–Crippen LogP) is 4.90. The van der Waals surface area contributed by atoms with Crippen LogP contribution in [-0.2, 0) is 0 Å². The van der Waals surface area contributed by atoms with Gasteiger partial charge in [-0.3, -0.25) is 14.5 Å². The summed E-state index contributed by atoms with van der Waals surface area (Å²) in [4.78, 5) is 26.1. The van der Waals surface area contributed by atoms with Crippen molar-refractivity contribution >= 4 is 22.6 Å². The molecule has 22 heavy (non-hydrogen) atoms. The van der Waals surface area contributed by atoms with Crippen molar-refractivity contribution in [3.05, 3.63) is 47.5 Å². The van der Waals surface area contributed by atoms with Crippen LogP contribution >= 0.6 is 0 Å². The summed E-state index contributed by atoms with van der Waals surface area (Å²) in [6, 6.07) is 11.0. The summed E-state index contributed by atoms with van der Waals surface area (Å²) in [5, 5.41) is 1.72. The number of carbonyl (C=O) groups excluding carboxylic acids is 2. The van der Waals surface area contributed by atoms with E-state index in [4.69, 9.17) is 0 Å². The Kier molecular flexibility index (Phi) is 6.29. The summed E-state index contributed by atoms with van der Waals surface area (Å²) in [7, 11) is 0. The number of hydrogen-bond donors (Lipinski definition) is 0. The highest BCUT2D eigenvalue weighted by Crippen LogP contribution is 2.30. The molecule has 118 valence electrons. The van der Waals surface area contributed by atoms with E-state index < -0.39 is 0 Å². The number of benzene rings is 2. The van der Waals surface area contributed by atoms with Gasteiger partial charge in [-0.2, -0.15) is 0 Å². The van der Waals surface area contributed by atoms with Gasteiger partial charge in [-0.25, -0.2) is 0 Å². The number of carbonyl (C=O) groups is 2. The van der Waals surface area contributed by atoms with Gasteiger partial charge in [0.05, 0.1) is 0 Å². The van der Waals surface area contributed by atoms with E-state index in [9.17, 15) is 9.59 Å². The van der Waals surface area contributed by atoms with E-state index in [-0.39, 0.29) is 17.9 Å². The zero-order chi connectivity index (χ0) is 16.9. The molecule has 0 N–H and O–H groups in total. The molecule has 0 radical (unpaired) electrons. The fraction of sp³-hybridized carbons (Fsp3) is 0.368. The zero-order valence-corrected chi connectivity index (χ0v) is 14.3. The second-order valence-electron chi connectivity index (χ2n) is 4.78. The molecule has 1 heterocycles. The Morgan fingerprint density at radius 3 is 1.55 bits per heavy atom. The molecule has 0 atom stereocenters. The van der Waals surface area contributed by atoms with E-state index in [1.165, 1.54) is 4.90 Å². The molecule has 0 aromatic heterocycles. The number of hydrogen-bond acceptors (Lipinski definition) is 2. The first-order valence-corrected chi connectivity index (χ1v) is 8.01. The van der Waals surface area contributed by atoms with Crippen LogP contribution in [0.15, 0.2) is 36.4 Å². The van der Waals surface area contributed by atoms with Gasteiger partial charge < -0.3 is 0 Å². The molecule has 0 bridgehead atoms. The lowest BCUT2D eigenvalue weighted by molar-refractivity contribution is 0.0564. The highest BCUT2D eigenvalue weighted by Gasteiger charge is 2.33. The SMILES string of the molecule is CC.CC.CC(C)N1C(=O)c2cccc3cccc(c23)C1=O. The van der Waals surface area contributed by atoms with E-state index in [0.29, 0.717) is 11.1 Å². The number of rotatable bonds is 1. The zero-order valence-electron chi connectivity index (χ0n) is 14.3. The maximum absolute atomic E-state index is 12.4. The van der Waals surface area contributed by atoms with Gasteiger partial charge >= 0.3 is 0 Å². The molecular formula is C19H25NO2. The molecule has 3 heteroatoms. The minimum Gasteiger partial charge on any atom is -0.272 e. The van der Waals surface area contributed by atoms with Crippen LogP contribution in [0, 0.1) is 0 Å². The van der Waals surface area contributed by atoms with Crippen LogP contribution in [0.2, 0.25) is 0 Å². The molecule has 0 aliphatic carbocycles. The molecule has 3 rings (SSSR count). The van der Waals surface area contributed by atoms with Crippen LogP contribution in [0.4, 0.5) is 0 Å². The minimum absolute atomic E-state index is 0.131. The van der Waals surface area contributed by atoms with Crippen LogP contribution in [0.25, 0.3) is 10.8 Å². The fourth-order valence-corrected chi connectivity index (χ4v) is 2.52. The van der Waals surface area contributed by atoms with Crippen molar-refractivity contribution in [3.63, 3.8) is 0 Å². The summed E-state index contributed by atoms with van der Waals surface area (Å²) in [6.45, 7) is 11.7. The molecule has 2 aromatic rings. The second kappa shape index (κ2) is 7.74. The van der Waals surface area contributed by atoms with Crippen LogP contribution in [0.5, 0.6) is 0 Å². The second-order valence-corrected chi connectivity index (χ2v) is 4.78. The highest BCUT2D eigenvalue weighted by atomic mass is 16.2. The van der Waals surface area contributed by atoms with Crippen LogP contribution in [-0.4, -0.2) is 22.8 Å². The van der Waals surface area contributed by atoms with E-state index in [1.54, 1.807) is 12.1 Å². The van der Waals surface area contributed by atoms with Crippen LogP contribution in [0.3, 0.4) is 0 Å². The molecule has 2 amide bonds. The third-order valence-corrected chi connectivity index (χ3v) is 3.32. The standard InChI is InChI=1S/C15H13NO2.2C2H6/c1-9(2)16-14(17)11-7-3-5-10-6-4-8-12(13(10)11)15(16)18;2*1-2/h3-9H,1-2H3;2*1-2H3. The largest absolute Gasteiger partial charge is 0.272 e. The molecule has 0 saturated carbocycles. The Morgan fingerprint density at radius 2 is 1.18 bits per heavy atom. The fourth-order valence-electron chi connectivity index (χ4n) is 2.52. The molecular weight excluding hydrogens is 274 g/mol. The molecule has 0 fully saturated rings. The molecule has 0 unspecified atom stereocenters. The first-order chi connectivity index (χ1) is 10.6. The van der Waals surface area contributed by atoms with Gasteiger partial charge in [0.1, 0.15) is 0 Å². The predicted molar refractivity (Wildman–Crippen MR) is 92.3 cm³/mol. The Morgan fingerprint density at radius 1 is 0.773 bits per heavy atom. The molecule has 0 saturated heterocycles. The van der Waals surface area contributed by atoms with Crippen molar-refractivity contribution < 1.29 is 9.59 Å². The van der Waals surface area contributed by atoms with Crippen molar-refractivity contribution in [2.24, 2.45) is 0 Å². The van der Waals surface area contributed by atoms with Crippen molar-refractivity contribution in [1.82, 2.24) is 4.90 Å². The number of amides is 2. The lowest BCUT2D eigenvalue weighted by Crippen LogP contribution is -2.44. The quantitative estimate of drug-likeness (QED) is 0.703. The third kappa shape index (κ3) is 2.89. The van der Waals surface area contributed by atoms with Gasteiger partial charge in [0, 0.05) is 22.6 Å². The lowest BCUT2D eigenvalue weighted by atomic mass is 9.93. The highest BCUT2D eigenvalue weighted by molar-refractivity contribution is 6.25. The Hall–Kier alpha value is -2.16. The molecule has 1 aliphatic heterocycles. The third-order valence-electron chi connectivity index (χ3n) is 3.32. The summed E-state index contributed by atoms with van der Waals surface area (Å²) in [5.74, 6) is -0.390. The van der Waals surface area contributed by atoms with Gasteiger partial charge in [-0.1, -0.05) is 52.0 Å². The van der Waals surface area contributed by atoms with Gasteiger partial charge in [0.15, 0.2) is 0 Å². The van der Waals surface area contributed by atoms with Crippen LogP contribution < -0.4 is 0 Å². The Bertz CT molecular complexity index is 623. The van der Waals surface area contributed by atoms with Crippen molar-refractivity contribution in [2.45, 2.75) is 47.6 Å². The Balaban J connectivity index is 0.000000561. The summed E-state index contributed by atoms with van der Waals surface area (Å²) >= 11 is 0. The first kappa shape index (κ1) is 17.9. The maximum Gasteiger partial charge on any atom is 0.261 e. The smallest absolute Gasteiger partial charge is 0.261 e. The number of nitrogens with zero attached hydrogens (tertiary/aromatic N) is 1. The average Bonchev–Trinajstić information content (AvgIpc) is 2.56. The van der Waals surface area contributed by atoms with Gasteiger partial charge in [-0.15, -0.1) is 0 Å². The van der Waals surface area contributed by atoms with E-state index in [1.807, 2.05) is 65.8 Å². The molecule has 0 spiro atoms.